The largest absolute Gasteiger partial charge is 0.338 e. The first-order valence-corrected chi connectivity index (χ1v) is 10.4. The van der Waals surface area contributed by atoms with E-state index in [1.165, 1.54) is 5.56 Å². The molecule has 6 heteroatoms. The molecule has 1 aliphatic rings. The Labute approximate surface area is 179 Å². The molecule has 0 saturated carbocycles. The number of benzene rings is 3. The third kappa shape index (κ3) is 3.80. The summed E-state index contributed by atoms with van der Waals surface area (Å²) in [5.74, 6) is 0.744. The highest BCUT2D eigenvalue weighted by atomic mass is 16.2. The van der Waals surface area contributed by atoms with E-state index in [0.717, 1.165) is 41.1 Å². The van der Waals surface area contributed by atoms with Crippen LogP contribution in [0.3, 0.4) is 0 Å². The van der Waals surface area contributed by atoms with Gasteiger partial charge in [0.15, 0.2) is 0 Å². The smallest absolute Gasteiger partial charge is 0.255 e. The Balaban J connectivity index is 1.28. The van der Waals surface area contributed by atoms with E-state index in [1.54, 1.807) is 17.0 Å². The maximum Gasteiger partial charge on any atom is 0.255 e. The van der Waals surface area contributed by atoms with Gasteiger partial charge in [-0.15, -0.1) is 0 Å². The van der Waals surface area contributed by atoms with E-state index in [4.69, 9.17) is 0 Å². The number of fused-ring (bicyclic) bond motifs is 1. The maximum atomic E-state index is 12.6. The molecule has 5 rings (SSSR count). The van der Waals surface area contributed by atoms with Crippen molar-refractivity contribution in [3.8, 4) is 11.4 Å². The number of carbonyl (C=O) groups excluding carboxylic acids is 2. The van der Waals surface area contributed by atoms with E-state index >= 15 is 0 Å². The molecule has 4 aromatic rings. The molecule has 1 saturated heterocycles. The number of amides is 2. The lowest BCUT2D eigenvalue weighted by atomic mass is 10.1. The number of H-pyrrole nitrogens is 1. The Bertz CT molecular complexity index is 1270. The molecule has 0 bridgehead atoms. The molecule has 1 aliphatic heterocycles. The first kappa shape index (κ1) is 19.1. The highest BCUT2D eigenvalue weighted by Crippen LogP contribution is 2.24. The normalized spacial score (nSPS) is 13.7. The number of anilines is 2. The molecule has 0 radical (unpaired) electrons. The number of rotatable bonds is 4. The summed E-state index contributed by atoms with van der Waals surface area (Å²) in [6, 6.07) is 20.9. The third-order valence-electron chi connectivity index (χ3n) is 5.57. The van der Waals surface area contributed by atoms with Crippen LogP contribution in [0.2, 0.25) is 0 Å². The quantitative estimate of drug-likeness (QED) is 0.501. The minimum Gasteiger partial charge on any atom is -0.338 e. The average Bonchev–Trinajstić information content (AvgIpc) is 3.40. The first-order chi connectivity index (χ1) is 15.1. The second kappa shape index (κ2) is 7.72. The van der Waals surface area contributed by atoms with Crippen LogP contribution in [0.25, 0.3) is 22.4 Å². The van der Waals surface area contributed by atoms with Crippen molar-refractivity contribution in [2.45, 2.75) is 19.8 Å². The van der Waals surface area contributed by atoms with E-state index in [-0.39, 0.29) is 11.8 Å². The van der Waals surface area contributed by atoms with Gasteiger partial charge in [-0.25, -0.2) is 4.98 Å². The number of carbonyl (C=O) groups is 2. The SMILES string of the molecule is Cc1ccc2nc(-c3ccc(NC(=O)c4ccc(N5CCCC5=O)cc4)cc3)[nH]c2c1. The number of aryl methyl sites for hydroxylation is 1. The van der Waals surface area contributed by atoms with Crippen molar-refractivity contribution >= 4 is 34.2 Å². The number of aromatic nitrogens is 2. The summed E-state index contributed by atoms with van der Waals surface area (Å²) in [7, 11) is 0. The lowest BCUT2D eigenvalue weighted by Gasteiger charge is -2.15. The van der Waals surface area contributed by atoms with Crippen LogP contribution in [0.15, 0.2) is 66.7 Å². The van der Waals surface area contributed by atoms with Crippen molar-refractivity contribution in [2.75, 3.05) is 16.8 Å². The van der Waals surface area contributed by atoms with Crippen LogP contribution in [0.1, 0.15) is 28.8 Å². The summed E-state index contributed by atoms with van der Waals surface area (Å²) in [6.07, 6.45) is 1.47. The fraction of sp³-hybridized carbons (Fsp3) is 0.160. The molecule has 2 N–H and O–H groups in total. The van der Waals surface area contributed by atoms with Crippen LogP contribution in [0.5, 0.6) is 0 Å². The van der Waals surface area contributed by atoms with Crippen LogP contribution in [0.4, 0.5) is 11.4 Å². The number of nitrogens with one attached hydrogen (secondary N) is 2. The van der Waals surface area contributed by atoms with Crippen molar-refractivity contribution in [1.82, 2.24) is 9.97 Å². The standard InChI is InChI=1S/C25H22N4O2/c1-16-4-13-21-22(15-16)28-24(27-21)17-5-9-19(10-6-17)26-25(31)18-7-11-20(12-8-18)29-14-2-3-23(29)30/h4-13,15H,2-3,14H2,1H3,(H,26,31)(H,27,28). The Morgan fingerprint density at radius 2 is 1.81 bits per heavy atom. The van der Waals surface area contributed by atoms with Crippen LogP contribution in [-0.2, 0) is 4.79 Å². The molecule has 0 unspecified atom stereocenters. The molecular weight excluding hydrogens is 388 g/mol. The van der Waals surface area contributed by atoms with Gasteiger partial charge in [0.1, 0.15) is 5.82 Å². The lowest BCUT2D eigenvalue weighted by Crippen LogP contribution is -2.23. The van der Waals surface area contributed by atoms with E-state index in [2.05, 4.69) is 28.3 Å². The first-order valence-electron chi connectivity index (χ1n) is 10.4. The van der Waals surface area contributed by atoms with Gasteiger partial charge in [0.25, 0.3) is 5.91 Å². The average molecular weight is 410 g/mol. The van der Waals surface area contributed by atoms with Gasteiger partial charge in [-0.1, -0.05) is 6.07 Å². The molecule has 0 atom stereocenters. The number of imidazole rings is 1. The predicted octanol–water partition coefficient (Wildman–Crippen LogP) is 4.92. The Morgan fingerprint density at radius 3 is 2.52 bits per heavy atom. The number of hydrogen-bond donors (Lipinski definition) is 2. The van der Waals surface area contributed by atoms with Crippen molar-refractivity contribution in [3.05, 3.63) is 77.9 Å². The van der Waals surface area contributed by atoms with Gasteiger partial charge in [-0.2, -0.15) is 0 Å². The molecule has 2 heterocycles. The highest BCUT2D eigenvalue weighted by Gasteiger charge is 2.21. The summed E-state index contributed by atoms with van der Waals surface area (Å²) in [5.41, 5.74) is 6.16. The van der Waals surface area contributed by atoms with Crippen LogP contribution in [0, 0.1) is 6.92 Å². The van der Waals surface area contributed by atoms with Crippen LogP contribution in [-0.4, -0.2) is 28.3 Å². The molecule has 2 amide bonds. The minimum atomic E-state index is -0.189. The van der Waals surface area contributed by atoms with Crippen LogP contribution < -0.4 is 10.2 Å². The van der Waals surface area contributed by atoms with Gasteiger partial charge in [-0.05, 0) is 79.6 Å². The molecule has 6 nitrogen and oxygen atoms in total. The van der Waals surface area contributed by atoms with E-state index in [0.29, 0.717) is 17.7 Å². The van der Waals surface area contributed by atoms with Crippen molar-refractivity contribution in [3.63, 3.8) is 0 Å². The van der Waals surface area contributed by atoms with Gasteiger partial charge >= 0.3 is 0 Å². The summed E-state index contributed by atoms with van der Waals surface area (Å²) in [5, 5.41) is 2.92. The van der Waals surface area contributed by atoms with E-state index < -0.39 is 0 Å². The van der Waals surface area contributed by atoms with Crippen molar-refractivity contribution in [2.24, 2.45) is 0 Å². The molecule has 1 aromatic heterocycles. The Morgan fingerprint density at radius 1 is 1.03 bits per heavy atom. The zero-order valence-electron chi connectivity index (χ0n) is 17.2. The van der Waals surface area contributed by atoms with Crippen LogP contribution >= 0.6 is 0 Å². The second-order valence-electron chi connectivity index (χ2n) is 7.83. The fourth-order valence-electron chi connectivity index (χ4n) is 3.89. The zero-order chi connectivity index (χ0) is 21.4. The fourth-order valence-corrected chi connectivity index (χ4v) is 3.89. The van der Waals surface area contributed by atoms with Gasteiger partial charge in [0.2, 0.25) is 5.91 Å². The highest BCUT2D eigenvalue weighted by molar-refractivity contribution is 6.05. The van der Waals surface area contributed by atoms with Crippen molar-refractivity contribution in [1.29, 1.82) is 0 Å². The number of nitrogens with zero attached hydrogens (tertiary/aromatic N) is 2. The Hall–Kier alpha value is -3.93. The predicted molar refractivity (Wildman–Crippen MR) is 122 cm³/mol. The topological polar surface area (TPSA) is 78.1 Å². The molecule has 3 aromatic carbocycles. The van der Waals surface area contributed by atoms with Gasteiger partial charge in [0, 0.05) is 35.5 Å². The van der Waals surface area contributed by atoms with Crippen molar-refractivity contribution < 1.29 is 9.59 Å². The molecular formula is C25H22N4O2. The maximum absolute atomic E-state index is 12.6. The number of aromatic amines is 1. The molecule has 0 spiro atoms. The summed E-state index contributed by atoms with van der Waals surface area (Å²) < 4.78 is 0. The molecule has 31 heavy (non-hydrogen) atoms. The summed E-state index contributed by atoms with van der Waals surface area (Å²) in [4.78, 5) is 34.2. The van der Waals surface area contributed by atoms with E-state index in [1.807, 2.05) is 48.5 Å². The molecule has 154 valence electrons. The lowest BCUT2D eigenvalue weighted by molar-refractivity contribution is -0.117. The molecule has 1 fully saturated rings. The summed E-state index contributed by atoms with van der Waals surface area (Å²) in [6.45, 7) is 2.79. The molecule has 0 aliphatic carbocycles. The second-order valence-corrected chi connectivity index (χ2v) is 7.83. The third-order valence-corrected chi connectivity index (χ3v) is 5.57. The van der Waals surface area contributed by atoms with E-state index in [9.17, 15) is 9.59 Å². The Kier molecular flexibility index (Phi) is 4.75. The monoisotopic (exact) mass is 410 g/mol. The van der Waals surface area contributed by atoms with Gasteiger partial charge in [0.05, 0.1) is 11.0 Å². The number of hydrogen-bond acceptors (Lipinski definition) is 3. The summed E-state index contributed by atoms with van der Waals surface area (Å²) >= 11 is 0. The minimum absolute atomic E-state index is 0.136. The zero-order valence-corrected chi connectivity index (χ0v) is 17.2. The van der Waals surface area contributed by atoms with Gasteiger partial charge in [-0.3, -0.25) is 9.59 Å². The van der Waals surface area contributed by atoms with Gasteiger partial charge < -0.3 is 15.2 Å².